The summed E-state index contributed by atoms with van der Waals surface area (Å²) in [6.45, 7) is 0. The summed E-state index contributed by atoms with van der Waals surface area (Å²) in [7, 11) is 1.61. The molecule has 0 fully saturated rings. The van der Waals surface area contributed by atoms with Crippen LogP contribution in [0.1, 0.15) is 11.1 Å². The second-order valence-electron chi connectivity index (χ2n) is 5.42. The topological polar surface area (TPSA) is 50.7 Å². The number of amides is 1. The summed E-state index contributed by atoms with van der Waals surface area (Å²) in [5.41, 5.74) is 4.41. The Labute approximate surface area is 140 Å². The zero-order chi connectivity index (χ0) is 16.8. The first-order chi connectivity index (χ1) is 11.7. The number of fused-ring (bicyclic) bond motifs is 1. The molecule has 120 valence electrons. The van der Waals surface area contributed by atoms with E-state index in [9.17, 15) is 4.79 Å². The highest BCUT2D eigenvalue weighted by atomic mass is 16.5. The molecule has 3 rings (SSSR count). The minimum Gasteiger partial charge on any atom is -0.497 e. The van der Waals surface area contributed by atoms with Crippen molar-refractivity contribution in [3.8, 4) is 5.75 Å². The highest BCUT2D eigenvalue weighted by molar-refractivity contribution is 5.91. The van der Waals surface area contributed by atoms with Gasteiger partial charge in [-0.15, -0.1) is 0 Å². The average molecular weight is 318 g/mol. The number of hydrazone groups is 1. The van der Waals surface area contributed by atoms with Gasteiger partial charge in [0.25, 0.3) is 0 Å². The lowest BCUT2D eigenvalue weighted by Crippen LogP contribution is -2.19. The highest BCUT2D eigenvalue weighted by Crippen LogP contribution is 2.14. The molecule has 0 radical (unpaired) electrons. The molecule has 0 aromatic heterocycles. The first-order valence-electron chi connectivity index (χ1n) is 7.68. The molecule has 0 spiro atoms. The second-order valence-corrected chi connectivity index (χ2v) is 5.42. The van der Waals surface area contributed by atoms with Crippen molar-refractivity contribution in [3.63, 3.8) is 0 Å². The molecule has 3 aromatic carbocycles. The standard InChI is InChI=1S/C20H18N2O2/c1-24-19-10-7-15(8-11-19)13-20(23)22-21-14-16-6-9-17-4-2-3-5-18(17)12-16/h2-12,14H,13H2,1H3,(H,22,23)/b21-14+. The maximum atomic E-state index is 11.9. The van der Waals surface area contributed by atoms with Gasteiger partial charge in [-0.05, 0) is 40.1 Å². The van der Waals surface area contributed by atoms with Gasteiger partial charge in [0.2, 0.25) is 5.91 Å². The molecule has 1 N–H and O–H groups in total. The van der Waals surface area contributed by atoms with Crippen molar-refractivity contribution in [2.45, 2.75) is 6.42 Å². The third-order valence-corrected chi connectivity index (χ3v) is 3.70. The number of carbonyl (C=O) groups is 1. The fourth-order valence-corrected chi connectivity index (χ4v) is 2.44. The molecule has 0 saturated carbocycles. The van der Waals surface area contributed by atoms with Crippen LogP contribution in [-0.2, 0) is 11.2 Å². The Bertz CT molecular complexity index is 870. The lowest BCUT2D eigenvalue weighted by Gasteiger charge is -2.03. The van der Waals surface area contributed by atoms with Gasteiger partial charge < -0.3 is 4.74 Å². The quantitative estimate of drug-likeness (QED) is 0.578. The van der Waals surface area contributed by atoms with Crippen molar-refractivity contribution < 1.29 is 9.53 Å². The summed E-state index contributed by atoms with van der Waals surface area (Å²) in [6, 6.07) is 21.6. The summed E-state index contributed by atoms with van der Waals surface area (Å²) in [5.74, 6) is 0.616. The molecule has 0 aliphatic heterocycles. The van der Waals surface area contributed by atoms with E-state index >= 15 is 0 Å². The number of benzene rings is 3. The molecule has 0 saturated heterocycles. The van der Waals surface area contributed by atoms with E-state index in [1.165, 1.54) is 5.39 Å². The summed E-state index contributed by atoms with van der Waals surface area (Å²) in [5, 5.41) is 6.35. The smallest absolute Gasteiger partial charge is 0.244 e. The summed E-state index contributed by atoms with van der Waals surface area (Å²) < 4.78 is 5.09. The number of hydrogen-bond donors (Lipinski definition) is 1. The van der Waals surface area contributed by atoms with Gasteiger partial charge in [0.1, 0.15) is 5.75 Å². The molecule has 0 unspecified atom stereocenters. The van der Waals surface area contributed by atoms with E-state index in [0.29, 0.717) is 0 Å². The molecular formula is C20H18N2O2. The molecule has 0 aliphatic rings. The Kier molecular flexibility index (Phi) is 4.87. The van der Waals surface area contributed by atoms with Crippen molar-refractivity contribution in [1.82, 2.24) is 5.43 Å². The van der Waals surface area contributed by atoms with Crippen LogP contribution in [0, 0.1) is 0 Å². The van der Waals surface area contributed by atoms with E-state index in [0.717, 1.165) is 22.3 Å². The number of rotatable bonds is 5. The van der Waals surface area contributed by atoms with Crippen molar-refractivity contribution >= 4 is 22.9 Å². The summed E-state index contributed by atoms with van der Waals surface area (Å²) in [4.78, 5) is 11.9. The van der Waals surface area contributed by atoms with Crippen LogP contribution in [0.15, 0.2) is 71.8 Å². The van der Waals surface area contributed by atoms with E-state index in [1.807, 2.05) is 54.6 Å². The van der Waals surface area contributed by atoms with Crippen molar-refractivity contribution in [1.29, 1.82) is 0 Å². The van der Waals surface area contributed by atoms with E-state index in [-0.39, 0.29) is 12.3 Å². The Morgan fingerprint density at radius 2 is 1.79 bits per heavy atom. The van der Waals surface area contributed by atoms with Crippen molar-refractivity contribution in [2.24, 2.45) is 5.10 Å². The van der Waals surface area contributed by atoms with Crippen LogP contribution in [-0.4, -0.2) is 19.2 Å². The van der Waals surface area contributed by atoms with E-state index in [4.69, 9.17) is 4.74 Å². The molecule has 4 nitrogen and oxygen atoms in total. The zero-order valence-corrected chi connectivity index (χ0v) is 13.4. The Morgan fingerprint density at radius 3 is 2.54 bits per heavy atom. The maximum Gasteiger partial charge on any atom is 0.244 e. The van der Waals surface area contributed by atoms with Crippen LogP contribution in [0.2, 0.25) is 0 Å². The van der Waals surface area contributed by atoms with Crippen LogP contribution in [0.25, 0.3) is 10.8 Å². The highest BCUT2D eigenvalue weighted by Gasteiger charge is 2.02. The van der Waals surface area contributed by atoms with Crippen molar-refractivity contribution in [3.05, 3.63) is 77.9 Å². The van der Waals surface area contributed by atoms with Crippen LogP contribution in [0.5, 0.6) is 5.75 Å². The van der Waals surface area contributed by atoms with Gasteiger partial charge in [0.05, 0.1) is 19.7 Å². The predicted molar refractivity (Wildman–Crippen MR) is 96.4 cm³/mol. The first kappa shape index (κ1) is 15.7. The summed E-state index contributed by atoms with van der Waals surface area (Å²) in [6.07, 6.45) is 1.93. The van der Waals surface area contributed by atoms with Crippen molar-refractivity contribution in [2.75, 3.05) is 7.11 Å². The number of nitrogens with zero attached hydrogens (tertiary/aromatic N) is 1. The number of ether oxygens (including phenoxy) is 1. The SMILES string of the molecule is COc1ccc(CC(=O)N/N=C/c2ccc3ccccc3c2)cc1. The fraction of sp³-hybridized carbons (Fsp3) is 0.100. The lowest BCUT2D eigenvalue weighted by atomic mass is 10.1. The third-order valence-electron chi connectivity index (χ3n) is 3.70. The largest absolute Gasteiger partial charge is 0.497 e. The first-order valence-corrected chi connectivity index (χ1v) is 7.68. The molecular weight excluding hydrogens is 300 g/mol. The fourth-order valence-electron chi connectivity index (χ4n) is 2.44. The maximum absolute atomic E-state index is 11.9. The zero-order valence-electron chi connectivity index (χ0n) is 13.4. The summed E-state index contributed by atoms with van der Waals surface area (Å²) >= 11 is 0. The number of hydrogen-bond acceptors (Lipinski definition) is 3. The molecule has 0 bridgehead atoms. The predicted octanol–water partition coefficient (Wildman–Crippen LogP) is 3.54. The minimum absolute atomic E-state index is 0.155. The molecule has 24 heavy (non-hydrogen) atoms. The molecule has 4 heteroatoms. The number of methoxy groups -OCH3 is 1. The van der Waals surface area contributed by atoms with Gasteiger partial charge in [-0.25, -0.2) is 5.43 Å². The normalized spacial score (nSPS) is 10.9. The van der Waals surface area contributed by atoms with Gasteiger partial charge in [-0.1, -0.05) is 48.5 Å². The van der Waals surface area contributed by atoms with Gasteiger partial charge in [0.15, 0.2) is 0 Å². The van der Waals surface area contributed by atoms with Gasteiger partial charge in [-0.2, -0.15) is 5.10 Å². The second kappa shape index (κ2) is 7.42. The van der Waals surface area contributed by atoms with Crippen LogP contribution in [0.4, 0.5) is 0 Å². The Balaban J connectivity index is 1.58. The third kappa shape index (κ3) is 3.98. The van der Waals surface area contributed by atoms with E-state index in [1.54, 1.807) is 13.3 Å². The molecule has 0 atom stereocenters. The van der Waals surface area contributed by atoms with Gasteiger partial charge >= 0.3 is 0 Å². The number of carbonyl (C=O) groups excluding carboxylic acids is 1. The monoisotopic (exact) mass is 318 g/mol. The van der Waals surface area contributed by atoms with E-state index < -0.39 is 0 Å². The molecule has 1 amide bonds. The van der Waals surface area contributed by atoms with Crippen LogP contribution in [0.3, 0.4) is 0 Å². The van der Waals surface area contributed by atoms with Crippen LogP contribution >= 0.6 is 0 Å². The Morgan fingerprint density at radius 1 is 1.04 bits per heavy atom. The average Bonchev–Trinajstić information content (AvgIpc) is 2.62. The van der Waals surface area contributed by atoms with E-state index in [2.05, 4.69) is 22.7 Å². The molecule has 0 aliphatic carbocycles. The molecule has 3 aromatic rings. The minimum atomic E-state index is -0.155. The molecule has 0 heterocycles. The number of nitrogens with one attached hydrogen (secondary N) is 1. The van der Waals surface area contributed by atoms with Gasteiger partial charge in [-0.3, -0.25) is 4.79 Å². The van der Waals surface area contributed by atoms with Gasteiger partial charge in [0, 0.05) is 0 Å². The van der Waals surface area contributed by atoms with Crippen LogP contribution < -0.4 is 10.2 Å². The Hall–Kier alpha value is -3.14. The lowest BCUT2D eigenvalue weighted by molar-refractivity contribution is -0.120.